The van der Waals surface area contributed by atoms with Gasteiger partial charge in [-0.25, -0.2) is 24.1 Å². The molecule has 2 aromatic heterocycles. The number of nitrogens with two attached hydrogens (primary N) is 1. The fourth-order valence-corrected chi connectivity index (χ4v) is 3.33. The van der Waals surface area contributed by atoms with E-state index < -0.39 is 11.8 Å². The van der Waals surface area contributed by atoms with Crippen LogP contribution < -0.4 is 16.4 Å². The molecule has 8 nitrogen and oxygen atoms in total. The predicted molar refractivity (Wildman–Crippen MR) is 132 cm³/mol. The number of benzene rings is 2. The van der Waals surface area contributed by atoms with Crippen molar-refractivity contribution < 1.29 is 9.18 Å². The highest BCUT2D eigenvalue weighted by molar-refractivity contribution is 6.00. The van der Waals surface area contributed by atoms with E-state index in [2.05, 4.69) is 25.6 Å². The van der Waals surface area contributed by atoms with Crippen molar-refractivity contribution in [3.63, 3.8) is 0 Å². The zero-order valence-corrected chi connectivity index (χ0v) is 19.4. The number of amides is 2. The molecular formula is C25H26FN7O. The average molecular weight is 460 g/mol. The van der Waals surface area contributed by atoms with Crippen molar-refractivity contribution in [2.45, 2.75) is 33.1 Å². The summed E-state index contributed by atoms with van der Waals surface area (Å²) in [4.78, 5) is 28.8. The first-order valence-electron chi connectivity index (χ1n) is 10.7. The summed E-state index contributed by atoms with van der Waals surface area (Å²) in [6, 6.07) is 12.9. The van der Waals surface area contributed by atoms with E-state index in [1.807, 2.05) is 39.8 Å². The van der Waals surface area contributed by atoms with E-state index in [9.17, 15) is 9.18 Å². The molecule has 0 unspecified atom stereocenters. The Kier molecular flexibility index (Phi) is 6.02. The molecule has 9 heteroatoms. The second-order valence-corrected chi connectivity index (χ2v) is 9.00. The summed E-state index contributed by atoms with van der Waals surface area (Å²) in [5, 5.41) is 5.28. The van der Waals surface area contributed by atoms with Crippen LogP contribution in [0.15, 0.2) is 54.7 Å². The lowest BCUT2D eigenvalue weighted by Gasteiger charge is -2.14. The molecule has 5 N–H and O–H groups in total. The molecule has 4 aromatic rings. The highest BCUT2D eigenvalue weighted by Crippen LogP contribution is 2.34. The molecule has 4 rings (SSSR count). The van der Waals surface area contributed by atoms with Crippen LogP contribution in [0.2, 0.25) is 0 Å². The maximum atomic E-state index is 14.6. The van der Waals surface area contributed by atoms with Crippen molar-refractivity contribution in [2.75, 3.05) is 16.4 Å². The van der Waals surface area contributed by atoms with E-state index in [-0.39, 0.29) is 17.1 Å². The Labute approximate surface area is 196 Å². The number of hydrogen-bond acceptors (Lipinski definition) is 5. The molecule has 0 aliphatic heterocycles. The standard InChI is InChI=1S/C25H26FN7O/c1-14-5-8-16(9-6-14)29-24(34)31-19-13-15(7-10-17(19)26)20-21(18-11-12-28-23(27)30-18)33-22(32-20)25(2,3)4/h5-13H,1-4H3,(H,32,33)(H2,27,28,30)(H2,29,31,34). The van der Waals surface area contributed by atoms with Gasteiger partial charge in [0.25, 0.3) is 0 Å². The van der Waals surface area contributed by atoms with Crippen LogP contribution in [0.4, 0.5) is 26.5 Å². The van der Waals surface area contributed by atoms with Crippen molar-refractivity contribution in [1.82, 2.24) is 19.9 Å². The number of halogens is 1. The Morgan fingerprint density at radius 3 is 2.44 bits per heavy atom. The lowest BCUT2D eigenvalue weighted by Crippen LogP contribution is -2.20. The monoisotopic (exact) mass is 459 g/mol. The maximum absolute atomic E-state index is 14.6. The van der Waals surface area contributed by atoms with Crippen molar-refractivity contribution in [1.29, 1.82) is 0 Å². The molecule has 0 fully saturated rings. The molecule has 2 heterocycles. The Balaban J connectivity index is 1.69. The summed E-state index contributed by atoms with van der Waals surface area (Å²) in [7, 11) is 0. The van der Waals surface area contributed by atoms with E-state index in [1.165, 1.54) is 6.07 Å². The second-order valence-electron chi connectivity index (χ2n) is 9.00. The van der Waals surface area contributed by atoms with Crippen molar-refractivity contribution in [3.8, 4) is 22.6 Å². The van der Waals surface area contributed by atoms with E-state index in [0.29, 0.717) is 28.3 Å². The van der Waals surface area contributed by atoms with Crippen LogP contribution in [0.1, 0.15) is 32.2 Å². The lowest BCUT2D eigenvalue weighted by atomic mass is 9.96. The van der Waals surface area contributed by atoms with Gasteiger partial charge < -0.3 is 21.4 Å². The van der Waals surface area contributed by atoms with Gasteiger partial charge in [0.1, 0.15) is 11.6 Å². The SMILES string of the molecule is Cc1ccc(NC(=O)Nc2cc(-c3nc(C(C)(C)C)[nH]c3-c3ccnc(N)n3)ccc2F)cc1. The molecule has 0 aliphatic rings. The van der Waals surface area contributed by atoms with Crippen LogP contribution in [0, 0.1) is 12.7 Å². The third-order valence-corrected chi connectivity index (χ3v) is 5.14. The van der Waals surface area contributed by atoms with Gasteiger partial charge in [-0.1, -0.05) is 38.5 Å². The number of aromatic amines is 1. The number of nitrogens with zero attached hydrogens (tertiary/aromatic N) is 3. The third-order valence-electron chi connectivity index (χ3n) is 5.14. The maximum Gasteiger partial charge on any atom is 0.323 e. The smallest absolute Gasteiger partial charge is 0.323 e. The minimum Gasteiger partial charge on any atom is -0.368 e. The highest BCUT2D eigenvalue weighted by Gasteiger charge is 2.24. The van der Waals surface area contributed by atoms with Crippen molar-refractivity contribution in [3.05, 3.63) is 71.9 Å². The summed E-state index contributed by atoms with van der Waals surface area (Å²) in [5.41, 5.74) is 9.55. The Morgan fingerprint density at radius 2 is 1.76 bits per heavy atom. The largest absolute Gasteiger partial charge is 0.368 e. The number of carbonyl (C=O) groups is 1. The molecule has 2 amide bonds. The summed E-state index contributed by atoms with van der Waals surface area (Å²) >= 11 is 0. The van der Waals surface area contributed by atoms with Crippen LogP contribution in [-0.4, -0.2) is 26.0 Å². The molecule has 0 saturated carbocycles. The van der Waals surface area contributed by atoms with E-state index in [4.69, 9.17) is 10.7 Å². The van der Waals surface area contributed by atoms with Gasteiger partial charge in [-0.3, -0.25) is 0 Å². The molecule has 174 valence electrons. The topological polar surface area (TPSA) is 122 Å². The molecule has 34 heavy (non-hydrogen) atoms. The molecule has 0 aliphatic carbocycles. The number of H-pyrrole nitrogens is 1. The molecule has 2 aromatic carbocycles. The Hall–Kier alpha value is -4.27. The number of imidazole rings is 1. The number of hydrogen-bond donors (Lipinski definition) is 4. The quantitative estimate of drug-likeness (QED) is 0.321. The molecule has 0 spiro atoms. The minimum atomic E-state index is -0.567. The van der Waals surface area contributed by atoms with Gasteiger partial charge in [-0.05, 0) is 43.3 Å². The Bertz CT molecular complexity index is 1340. The Morgan fingerprint density at radius 1 is 1.03 bits per heavy atom. The van der Waals surface area contributed by atoms with Gasteiger partial charge in [-0.2, -0.15) is 0 Å². The zero-order valence-electron chi connectivity index (χ0n) is 19.4. The highest BCUT2D eigenvalue weighted by atomic mass is 19.1. The number of urea groups is 1. The van der Waals surface area contributed by atoms with Gasteiger partial charge in [0, 0.05) is 22.9 Å². The van der Waals surface area contributed by atoms with Gasteiger partial charge in [-0.15, -0.1) is 0 Å². The zero-order chi connectivity index (χ0) is 24.5. The number of aromatic nitrogens is 4. The van der Waals surface area contributed by atoms with Gasteiger partial charge >= 0.3 is 6.03 Å². The van der Waals surface area contributed by atoms with E-state index >= 15 is 0 Å². The fraction of sp³-hybridized carbons (Fsp3) is 0.200. The van der Waals surface area contributed by atoms with Crippen molar-refractivity contribution in [2.24, 2.45) is 0 Å². The van der Waals surface area contributed by atoms with Gasteiger partial charge in [0.15, 0.2) is 0 Å². The molecule has 0 bridgehead atoms. The number of nitrogen functional groups attached to an aromatic ring is 1. The van der Waals surface area contributed by atoms with Gasteiger partial charge in [0.2, 0.25) is 5.95 Å². The number of carbonyl (C=O) groups excluding carboxylic acids is 1. The van der Waals surface area contributed by atoms with Crippen LogP contribution in [0.5, 0.6) is 0 Å². The predicted octanol–water partition coefficient (Wildman–Crippen LogP) is 5.50. The van der Waals surface area contributed by atoms with Crippen LogP contribution in [-0.2, 0) is 5.41 Å². The third kappa shape index (κ3) is 5.03. The summed E-state index contributed by atoms with van der Waals surface area (Å²) in [6.07, 6.45) is 1.56. The number of nitrogens with one attached hydrogen (secondary N) is 3. The van der Waals surface area contributed by atoms with E-state index in [1.54, 1.807) is 36.5 Å². The number of anilines is 3. The lowest BCUT2D eigenvalue weighted by molar-refractivity contribution is 0.262. The minimum absolute atomic E-state index is 0.0237. The summed E-state index contributed by atoms with van der Waals surface area (Å²) in [6.45, 7) is 8.04. The van der Waals surface area contributed by atoms with Crippen LogP contribution in [0.25, 0.3) is 22.6 Å². The number of aryl methyl sites for hydroxylation is 1. The van der Waals surface area contributed by atoms with Crippen LogP contribution in [0.3, 0.4) is 0 Å². The average Bonchev–Trinajstić information content (AvgIpc) is 3.23. The first-order chi connectivity index (χ1) is 16.1. The first-order valence-corrected chi connectivity index (χ1v) is 10.7. The van der Waals surface area contributed by atoms with Crippen LogP contribution >= 0.6 is 0 Å². The molecule has 0 atom stereocenters. The van der Waals surface area contributed by atoms with Gasteiger partial charge in [0.05, 0.1) is 22.8 Å². The second kappa shape index (κ2) is 8.93. The van der Waals surface area contributed by atoms with E-state index in [0.717, 1.165) is 11.4 Å². The normalized spacial score (nSPS) is 11.3. The summed E-state index contributed by atoms with van der Waals surface area (Å²) in [5.74, 6) is 0.289. The molecule has 0 radical (unpaired) electrons. The van der Waals surface area contributed by atoms with Crippen molar-refractivity contribution >= 4 is 23.4 Å². The molecular weight excluding hydrogens is 433 g/mol. The molecule has 0 saturated heterocycles. The number of rotatable bonds is 4. The summed E-state index contributed by atoms with van der Waals surface area (Å²) < 4.78 is 14.6. The fourth-order valence-electron chi connectivity index (χ4n) is 3.33. The first kappa shape index (κ1) is 22.9.